The van der Waals surface area contributed by atoms with Crippen LogP contribution in [0.15, 0.2) is 28.2 Å². The highest BCUT2D eigenvalue weighted by Crippen LogP contribution is 2.20. The van der Waals surface area contributed by atoms with Crippen LogP contribution in [0.1, 0.15) is 24.0 Å². The highest BCUT2D eigenvalue weighted by molar-refractivity contribution is 7.89. The van der Waals surface area contributed by atoms with Gasteiger partial charge in [-0.1, -0.05) is 6.07 Å². The monoisotopic (exact) mass is 378 g/mol. The number of carbonyl (C=O) groups excluding carboxylic acids is 2. The van der Waals surface area contributed by atoms with Crippen LogP contribution in [0.2, 0.25) is 0 Å². The predicted molar refractivity (Wildman–Crippen MR) is 96.1 cm³/mol. The van der Waals surface area contributed by atoms with E-state index in [2.05, 4.69) is 10.5 Å². The molecule has 0 unspecified atom stereocenters. The van der Waals surface area contributed by atoms with Gasteiger partial charge in [0.2, 0.25) is 15.9 Å². The summed E-state index contributed by atoms with van der Waals surface area (Å²) in [4.78, 5) is 25.4. The van der Waals surface area contributed by atoms with Crippen molar-refractivity contribution in [3.8, 4) is 0 Å². The van der Waals surface area contributed by atoms with Crippen molar-refractivity contribution in [2.45, 2.75) is 31.6 Å². The molecule has 8 nitrogen and oxygen atoms in total. The lowest BCUT2D eigenvalue weighted by molar-refractivity contribution is -0.125. The van der Waals surface area contributed by atoms with E-state index in [0.29, 0.717) is 25.2 Å². The Morgan fingerprint density at radius 1 is 1.08 bits per heavy atom. The molecular weight excluding hydrogens is 356 g/mol. The Kier molecular flexibility index (Phi) is 5.10. The largest absolute Gasteiger partial charge is 0.335 e. The number of amides is 2. The minimum Gasteiger partial charge on any atom is -0.335 e. The second-order valence-electron chi connectivity index (χ2n) is 6.54. The fourth-order valence-corrected chi connectivity index (χ4v) is 4.47. The van der Waals surface area contributed by atoms with Gasteiger partial charge in [0.15, 0.2) is 0 Å². The van der Waals surface area contributed by atoms with Gasteiger partial charge in [-0.2, -0.15) is 9.41 Å². The third-order valence-electron chi connectivity index (χ3n) is 4.79. The first-order valence-electron chi connectivity index (χ1n) is 8.51. The van der Waals surface area contributed by atoms with Crippen LogP contribution in [0, 0.1) is 13.8 Å². The van der Waals surface area contributed by atoms with Crippen molar-refractivity contribution >= 4 is 27.5 Å². The van der Waals surface area contributed by atoms with Crippen LogP contribution in [-0.4, -0.2) is 61.3 Å². The lowest BCUT2D eigenvalue weighted by Gasteiger charge is -2.34. The molecule has 1 fully saturated rings. The van der Waals surface area contributed by atoms with Gasteiger partial charge in [0, 0.05) is 39.0 Å². The lowest BCUT2D eigenvalue weighted by Crippen LogP contribution is -2.52. The van der Waals surface area contributed by atoms with E-state index in [1.807, 2.05) is 13.8 Å². The molecule has 0 saturated carbocycles. The minimum atomic E-state index is -3.57. The fraction of sp³-hybridized carbons (Fsp3) is 0.471. The maximum absolute atomic E-state index is 12.8. The third kappa shape index (κ3) is 3.63. The average molecular weight is 378 g/mol. The number of aryl methyl sites for hydroxylation is 2. The van der Waals surface area contributed by atoms with Crippen molar-refractivity contribution < 1.29 is 18.0 Å². The summed E-state index contributed by atoms with van der Waals surface area (Å²) in [5, 5.41) is 3.81. The molecule has 0 aromatic heterocycles. The third-order valence-corrected chi connectivity index (χ3v) is 6.69. The summed E-state index contributed by atoms with van der Waals surface area (Å²) >= 11 is 0. The molecule has 0 aliphatic carbocycles. The summed E-state index contributed by atoms with van der Waals surface area (Å²) in [6.45, 7) is 4.90. The Morgan fingerprint density at radius 3 is 2.35 bits per heavy atom. The highest BCUT2D eigenvalue weighted by Gasteiger charge is 2.32. The Bertz CT molecular complexity index is 871. The molecule has 2 aliphatic heterocycles. The van der Waals surface area contributed by atoms with E-state index < -0.39 is 10.0 Å². The van der Waals surface area contributed by atoms with E-state index in [0.717, 1.165) is 11.1 Å². The molecule has 1 aromatic rings. The van der Waals surface area contributed by atoms with Gasteiger partial charge in [-0.05, 0) is 37.1 Å². The zero-order valence-corrected chi connectivity index (χ0v) is 15.7. The number of nitrogens with zero attached hydrogens (tertiary/aromatic N) is 3. The number of hydrogen-bond acceptors (Lipinski definition) is 5. The molecule has 2 aliphatic rings. The molecule has 140 valence electrons. The first kappa shape index (κ1) is 18.5. The molecule has 0 atom stereocenters. The fourth-order valence-electron chi connectivity index (χ4n) is 2.97. The standard InChI is InChI=1S/C17H22N4O4S/c1-12-3-4-14(11-13(12)2)26(24,25)21-9-7-20(8-10-21)17(23)15-5-6-16(22)19-18-15/h3-4,11H,5-10H2,1-2H3,(H,19,22). The second-order valence-corrected chi connectivity index (χ2v) is 8.47. The van der Waals surface area contributed by atoms with E-state index in [-0.39, 0.29) is 36.2 Å². The van der Waals surface area contributed by atoms with Crippen LogP contribution in [-0.2, 0) is 19.6 Å². The van der Waals surface area contributed by atoms with Gasteiger partial charge in [-0.25, -0.2) is 13.8 Å². The summed E-state index contributed by atoms with van der Waals surface area (Å²) in [7, 11) is -3.57. The summed E-state index contributed by atoms with van der Waals surface area (Å²) in [6.07, 6.45) is 0.553. The number of hydrazone groups is 1. The molecule has 1 saturated heterocycles. The maximum Gasteiger partial charge on any atom is 0.270 e. The molecule has 0 bridgehead atoms. The van der Waals surface area contributed by atoms with Crippen LogP contribution in [0.25, 0.3) is 0 Å². The van der Waals surface area contributed by atoms with E-state index in [4.69, 9.17) is 0 Å². The summed E-state index contributed by atoms with van der Waals surface area (Å²) in [5.74, 6) is -0.445. The molecule has 0 spiro atoms. The molecule has 26 heavy (non-hydrogen) atoms. The Balaban J connectivity index is 1.67. The summed E-state index contributed by atoms with van der Waals surface area (Å²) < 4.78 is 27.0. The predicted octanol–water partition coefficient (Wildman–Crippen LogP) is 0.402. The van der Waals surface area contributed by atoms with Crippen molar-refractivity contribution in [2.24, 2.45) is 5.10 Å². The second kappa shape index (κ2) is 7.16. The van der Waals surface area contributed by atoms with Crippen molar-refractivity contribution in [1.29, 1.82) is 0 Å². The van der Waals surface area contributed by atoms with Gasteiger partial charge >= 0.3 is 0 Å². The molecule has 9 heteroatoms. The van der Waals surface area contributed by atoms with Crippen LogP contribution in [0.5, 0.6) is 0 Å². The topological polar surface area (TPSA) is 99.2 Å². The normalized spacial score (nSPS) is 19.1. The lowest BCUT2D eigenvalue weighted by atomic mass is 10.1. The first-order valence-corrected chi connectivity index (χ1v) is 9.95. The van der Waals surface area contributed by atoms with E-state index >= 15 is 0 Å². The van der Waals surface area contributed by atoms with Crippen molar-refractivity contribution in [3.63, 3.8) is 0 Å². The minimum absolute atomic E-state index is 0.203. The zero-order valence-electron chi connectivity index (χ0n) is 14.9. The van der Waals surface area contributed by atoms with Crippen LogP contribution >= 0.6 is 0 Å². The van der Waals surface area contributed by atoms with Gasteiger partial charge in [-0.15, -0.1) is 0 Å². The average Bonchev–Trinajstić information content (AvgIpc) is 2.64. The van der Waals surface area contributed by atoms with Crippen LogP contribution < -0.4 is 5.43 Å². The first-order chi connectivity index (χ1) is 12.3. The van der Waals surface area contributed by atoms with Crippen LogP contribution in [0.3, 0.4) is 0 Å². The quantitative estimate of drug-likeness (QED) is 0.823. The molecule has 2 heterocycles. The van der Waals surface area contributed by atoms with Gasteiger partial charge in [-0.3, -0.25) is 9.59 Å². The summed E-state index contributed by atoms with van der Waals surface area (Å²) in [6, 6.07) is 5.10. The molecule has 1 N–H and O–H groups in total. The number of piperazine rings is 1. The summed E-state index contributed by atoms with van der Waals surface area (Å²) in [5.41, 5.74) is 4.60. The van der Waals surface area contributed by atoms with Crippen molar-refractivity contribution in [1.82, 2.24) is 14.6 Å². The number of hydrogen-bond donors (Lipinski definition) is 1. The van der Waals surface area contributed by atoms with Gasteiger partial charge in [0.25, 0.3) is 5.91 Å². The van der Waals surface area contributed by atoms with Gasteiger partial charge in [0.1, 0.15) is 5.71 Å². The van der Waals surface area contributed by atoms with E-state index in [1.54, 1.807) is 23.1 Å². The van der Waals surface area contributed by atoms with E-state index in [1.165, 1.54) is 4.31 Å². The number of carbonyl (C=O) groups is 2. The molecule has 0 radical (unpaired) electrons. The van der Waals surface area contributed by atoms with Gasteiger partial charge < -0.3 is 4.90 Å². The van der Waals surface area contributed by atoms with Gasteiger partial charge in [0.05, 0.1) is 4.90 Å². The number of benzene rings is 1. The Morgan fingerprint density at radius 2 is 1.77 bits per heavy atom. The van der Waals surface area contributed by atoms with Crippen LogP contribution in [0.4, 0.5) is 0 Å². The number of rotatable bonds is 3. The van der Waals surface area contributed by atoms with E-state index in [9.17, 15) is 18.0 Å². The maximum atomic E-state index is 12.8. The molecule has 1 aromatic carbocycles. The van der Waals surface area contributed by atoms with Crippen molar-refractivity contribution in [3.05, 3.63) is 29.3 Å². The number of nitrogens with one attached hydrogen (secondary N) is 1. The Labute approximate surface area is 152 Å². The number of sulfonamides is 1. The Hall–Kier alpha value is -2.26. The smallest absolute Gasteiger partial charge is 0.270 e. The highest BCUT2D eigenvalue weighted by atomic mass is 32.2. The molecule has 3 rings (SSSR count). The SMILES string of the molecule is Cc1ccc(S(=O)(=O)N2CCN(C(=O)C3=NNC(=O)CC3)CC2)cc1C. The molecule has 2 amide bonds. The molecular formula is C17H22N4O4S. The van der Waals surface area contributed by atoms with Crippen molar-refractivity contribution in [2.75, 3.05) is 26.2 Å². The zero-order chi connectivity index (χ0) is 18.9.